The first kappa shape index (κ1) is 12.4. The second kappa shape index (κ2) is 6.61. The van der Waals surface area contributed by atoms with Crippen molar-refractivity contribution in [2.45, 2.75) is 39.0 Å². The molecule has 0 bridgehead atoms. The molecule has 1 aromatic heterocycles. The first-order chi connectivity index (χ1) is 8.40. The molecule has 0 fully saturated rings. The molecular weight excluding hydrogens is 224 g/mol. The highest BCUT2D eigenvalue weighted by Gasteiger charge is 2.01. The number of benzene rings is 1. The molecule has 0 saturated heterocycles. The lowest BCUT2D eigenvalue weighted by atomic mass is 10.1. The van der Waals surface area contributed by atoms with Gasteiger partial charge in [-0.25, -0.2) is 0 Å². The van der Waals surface area contributed by atoms with Gasteiger partial charge in [0.15, 0.2) is 0 Å². The molecule has 0 saturated carbocycles. The fourth-order valence-corrected chi connectivity index (χ4v) is 2.97. The third kappa shape index (κ3) is 3.71. The van der Waals surface area contributed by atoms with Gasteiger partial charge >= 0.3 is 0 Å². The summed E-state index contributed by atoms with van der Waals surface area (Å²) in [5.41, 5.74) is 2.85. The molecule has 0 N–H and O–H groups in total. The number of thiophene rings is 1. The molecule has 2 aromatic rings. The molecule has 0 aliphatic heterocycles. The number of hydrogen-bond donors (Lipinski definition) is 0. The molecule has 1 heterocycles. The summed E-state index contributed by atoms with van der Waals surface area (Å²) in [6.07, 6.45) is 6.63. The van der Waals surface area contributed by atoms with Gasteiger partial charge in [0.05, 0.1) is 0 Å². The van der Waals surface area contributed by atoms with E-state index in [0.29, 0.717) is 0 Å². The number of hydrogen-bond acceptors (Lipinski definition) is 1. The van der Waals surface area contributed by atoms with Crippen molar-refractivity contribution < 1.29 is 0 Å². The highest BCUT2D eigenvalue weighted by Crippen LogP contribution is 2.27. The minimum Gasteiger partial charge on any atom is -0.144 e. The van der Waals surface area contributed by atoms with E-state index in [1.54, 1.807) is 0 Å². The van der Waals surface area contributed by atoms with Gasteiger partial charge in [0.2, 0.25) is 0 Å². The van der Waals surface area contributed by atoms with Crippen LogP contribution in [0.5, 0.6) is 0 Å². The van der Waals surface area contributed by atoms with E-state index in [4.69, 9.17) is 0 Å². The maximum absolute atomic E-state index is 2.35. The van der Waals surface area contributed by atoms with Crippen LogP contribution >= 0.6 is 11.3 Å². The molecule has 1 heteroatoms. The van der Waals surface area contributed by atoms with Crippen molar-refractivity contribution in [1.82, 2.24) is 0 Å². The van der Waals surface area contributed by atoms with Crippen LogP contribution < -0.4 is 0 Å². The van der Waals surface area contributed by atoms with Gasteiger partial charge < -0.3 is 0 Å². The summed E-state index contributed by atoms with van der Waals surface area (Å²) in [5, 5.41) is 2.31. The Morgan fingerprint density at radius 3 is 2.59 bits per heavy atom. The summed E-state index contributed by atoms with van der Waals surface area (Å²) in [6, 6.07) is 13.0. The molecule has 0 aliphatic rings. The quantitative estimate of drug-likeness (QED) is 0.585. The molecule has 0 aliphatic carbocycles. The molecule has 0 amide bonds. The van der Waals surface area contributed by atoms with Crippen molar-refractivity contribution in [2.24, 2.45) is 0 Å². The van der Waals surface area contributed by atoms with Crippen molar-refractivity contribution in [3.05, 3.63) is 47.3 Å². The van der Waals surface area contributed by atoms with Gasteiger partial charge in [-0.3, -0.25) is 0 Å². The van der Waals surface area contributed by atoms with Crippen LogP contribution in [0.1, 0.15) is 38.2 Å². The van der Waals surface area contributed by atoms with Crippen LogP contribution in [-0.2, 0) is 6.42 Å². The molecule has 0 spiro atoms. The summed E-state index contributed by atoms with van der Waals surface area (Å²) >= 11 is 1.87. The Labute approximate surface area is 108 Å². The van der Waals surface area contributed by atoms with Crippen LogP contribution in [0.15, 0.2) is 41.8 Å². The summed E-state index contributed by atoms with van der Waals surface area (Å²) in [4.78, 5) is 1.40. The fraction of sp³-hybridized carbons (Fsp3) is 0.375. The highest BCUT2D eigenvalue weighted by atomic mass is 32.1. The largest absolute Gasteiger partial charge is 0.144 e. The van der Waals surface area contributed by atoms with Gasteiger partial charge in [-0.2, -0.15) is 0 Å². The van der Waals surface area contributed by atoms with E-state index in [1.165, 1.54) is 48.1 Å². The molecular formula is C16H20S. The van der Waals surface area contributed by atoms with Gasteiger partial charge in [-0.15, -0.1) is 11.3 Å². The van der Waals surface area contributed by atoms with Crippen molar-refractivity contribution in [2.75, 3.05) is 0 Å². The Morgan fingerprint density at radius 1 is 1.00 bits per heavy atom. The topological polar surface area (TPSA) is 0 Å². The minimum absolute atomic E-state index is 1.24. The molecule has 0 unspecified atom stereocenters. The smallest absolute Gasteiger partial charge is 0.0345 e. The molecule has 90 valence electrons. The minimum atomic E-state index is 1.24. The maximum Gasteiger partial charge on any atom is 0.0345 e. The number of unbranched alkanes of at least 4 members (excludes halogenated alkanes) is 3. The summed E-state index contributed by atoms with van der Waals surface area (Å²) in [7, 11) is 0. The predicted octanol–water partition coefficient (Wildman–Crippen LogP) is 5.54. The zero-order valence-corrected chi connectivity index (χ0v) is 11.3. The van der Waals surface area contributed by atoms with E-state index in [1.807, 2.05) is 11.3 Å². The van der Waals surface area contributed by atoms with Crippen LogP contribution in [0, 0.1) is 0 Å². The summed E-state index contributed by atoms with van der Waals surface area (Å²) < 4.78 is 0. The van der Waals surface area contributed by atoms with E-state index in [2.05, 4.69) is 48.7 Å². The molecule has 1 aromatic carbocycles. The van der Waals surface area contributed by atoms with Gasteiger partial charge in [0.1, 0.15) is 0 Å². The zero-order chi connectivity index (χ0) is 11.9. The van der Waals surface area contributed by atoms with Crippen LogP contribution in [-0.4, -0.2) is 0 Å². The van der Waals surface area contributed by atoms with E-state index >= 15 is 0 Å². The first-order valence-corrected chi connectivity index (χ1v) is 7.41. The third-order valence-corrected chi connectivity index (χ3v) is 4.06. The lowest BCUT2D eigenvalue weighted by molar-refractivity contribution is 0.667. The Bertz CT molecular complexity index is 428. The average molecular weight is 244 g/mol. The number of rotatable bonds is 6. The summed E-state index contributed by atoms with van der Waals surface area (Å²) in [6.45, 7) is 2.26. The van der Waals surface area contributed by atoms with Crippen LogP contribution in [0.4, 0.5) is 0 Å². The standard InChI is InChI=1S/C16H20S/c1-2-3-4-6-9-14-12-16(17-13-14)15-10-7-5-8-11-15/h5,7-8,10-13H,2-4,6,9H2,1H3. The Kier molecular flexibility index (Phi) is 4.81. The molecule has 0 radical (unpaired) electrons. The average Bonchev–Trinajstić information content (AvgIpc) is 2.85. The highest BCUT2D eigenvalue weighted by molar-refractivity contribution is 7.13. The SMILES string of the molecule is CCCCCCc1csc(-c2ccccc2)c1. The van der Waals surface area contributed by atoms with Gasteiger partial charge in [-0.05, 0) is 35.4 Å². The number of aryl methyl sites for hydroxylation is 1. The lowest BCUT2D eigenvalue weighted by Crippen LogP contribution is -1.82. The molecule has 2 rings (SSSR count). The van der Waals surface area contributed by atoms with E-state index in [9.17, 15) is 0 Å². The second-order valence-corrected chi connectivity index (χ2v) is 5.41. The van der Waals surface area contributed by atoms with Gasteiger partial charge in [-0.1, -0.05) is 56.5 Å². The van der Waals surface area contributed by atoms with Crippen LogP contribution in [0.3, 0.4) is 0 Å². The lowest BCUT2D eigenvalue weighted by Gasteiger charge is -1.97. The zero-order valence-electron chi connectivity index (χ0n) is 10.5. The van der Waals surface area contributed by atoms with Crippen LogP contribution in [0.25, 0.3) is 10.4 Å². The Balaban J connectivity index is 1.92. The fourth-order valence-electron chi connectivity index (χ4n) is 2.02. The van der Waals surface area contributed by atoms with Gasteiger partial charge in [0, 0.05) is 4.88 Å². The first-order valence-electron chi connectivity index (χ1n) is 6.53. The van der Waals surface area contributed by atoms with E-state index < -0.39 is 0 Å². The normalized spacial score (nSPS) is 10.6. The van der Waals surface area contributed by atoms with Crippen molar-refractivity contribution in [1.29, 1.82) is 0 Å². The van der Waals surface area contributed by atoms with Crippen LogP contribution in [0.2, 0.25) is 0 Å². The molecule has 17 heavy (non-hydrogen) atoms. The van der Waals surface area contributed by atoms with Crippen molar-refractivity contribution in [3.8, 4) is 10.4 Å². The Morgan fingerprint density at radius 2 is 1.82 bits per heavy atom. The van der Waals surface area contributed by atoms with E-state index in [0.717, 1.165) is 0 Å². The molecule has 0 atom stereocenters. The third-order valence-electron chi connectivity index (χ3n) is 3.03. The van der Waals surface area contributed by atoms with Crippen molar-refractivity contribution >= 4 is 11.3 Å². The van der Waals surface area contributed by atoms with Gasteiger partial charge in [0.25, 0.3) is 0 Å². The monoisotopic (exact) mass is 244 g/mol. The second-order valence-electron chi connectivity index (χ2n) is 4.50. The molecule has 0 nitrogen and oxygen atoms in total. The van der Waals surface area contributed by atoms with Crippen molar-refractivity contribution in [3.63, 3.8) is 0 Å². The summed E-state index contributed by atoms with van der Waals surface area (Å²) in [5.74, 6) is 0. The predicted molar refractivity (Wildman–Crippen MR) is 77.6 cm³/mol. The van der Waals surface area contributed by atoms with E-state index in [-0.39, 0.29) is 0 Å². The Hall–Kier alpha value is -1.08. The maximum atomic E-state index is 2.35.